The van der Waals surface area contributed by atoms with E-state index in [1.165, 1.54) is 24.0 Å². The van der Waals surface area contributed by atoms with Crippen molar-refractivity contribution in [3.05, 3.63) is 35.4 Å². The van der Waals surface area contributed by atoms with Crippen molar-refractivity contribution in [2.24, 2.45) is 11.3 Å². The predicted octanol–water partition coefficient (Wildman–Crippen LogP) is 3.32. The number of ether oxygens (including phenoxy) is 1. The van der Waals surface area contributed by atoms with Crippen LogP contribution in [0.25, 0.3) is 0 Å². The molecule has 0 spiro atoms. The van der Waals surface area contributed by atoms with Crippen LogP contribution in [-0.4, -0.2) is 19.3 Å². The maximum absolute atomic E-state index is 5.66. The molecule has 3 unspecified atom stereocenters. The minimum Gasteiger partial charge on any atom is -0.378 e. The van der Waals surface area contributed by atoms with Gasteiger partial charge in [-0.25, -0.2) is 0 Å². The quantitative estimate of drug-likeness (QED) is 0.899. The van der Waals surface area contributed by atoms with E-state index in [9.17, 15) is 0 Å². The highest BCUT2D eigenvalue weighted by Gasteiger charge is 2.39. The normalized spacial score (nSPS) is 32.5. The Bertz CT molecular complexity index is 454. The Kier molecular flexibility index (Phi) is 3.40. The first-order chi connectivity index (χ1) is 9.08. The van der Waals surface area contributed by atoms with Crippen LogP contribution >= 0.6 is 0 Å². The first-order valence-corrected chi connectivity index (χ1v) is 7.51. The Balaban J connectivity index is 1.72. The summed E-state index contributed by atoms with van der Waals surface area (Å²) >= 11 is 0. The highest BCUT2D eigenvalue weighted by atomic mass is 16.5. The van der Waals surface area contributed by atoms with E-state index in [1.807, 2.05) is 0 Å². The van der Waals surface area contributed by atoms with Crippen molar-refractivity contribution in [3.63, 3.8) is 0 Å². The van der Waals surface area contributed by atoms with E-state index in [0.717, 1.165) is 13.2 Å². The van der Waals surface area contributed by atoms with E-state index in [0.29, 0.717) is 23.5 Å². The Morgan fingerprint density at radius 1 is 1.32 bits per heavy atom. The fourth-order valence-electron chi connectivity index (χ4n) is 3.69. The Hall–Kier alpha value is -0.860. The zero-order valence-electron chi connectivity index (χ0n) is 12.3. The molecule has 2 nitrogen and oxygen atoms in total. The van der Waals surface area contributed by atoms with E-state index < -0.39 is 0 Å². The molecule has 2 aliphatic rings. The molecule has 19 heavy (non-hydrogen) atoms. The summed E-state index contributed by atoms with van der Waals surface area (Å²) in [5.74, 6) is 0.670. The van der Waals surface area contributed by atoms with Gasteiger partial charge in [-0.2, -0.15) is 0 Å². The molecular formula is C17H25NO. The minimum absolute atomic E-state index is 0.312. The third-order valence-electron chi connectivity index (χ3n) is 4.91. The van der Waals surface area contributed by atoms with E-state index in [2.05, 4.69) is 50.4 Å². The first kappa shape index (κ1) is 13.1. The molecular weight excluding hydrogens is 234 g/mol. The number of nitrogens with one attached hydrogen (secondary N) is 1. The van der Waals surface area contributed by atoms with Crippen molar-refractivity contribution in [1.82, 2.24) is 5.32 Å². The van der Waals surface area contributed by atoms with E-state index >= 15 is 0 Å². The van der Waals surface area contributed by atoms with Gasteiger partial charge in [0, 0.05) is 19.2 Å². The zero-order chi connectivity index (χ0) is 13.5. The fraction of sp³-hybridized carbons (Fsp3) is 0.647. The maximum atomic E-state index is 5.66. The highest BCUT2D eigenvalue weighted by Crippen LogP contribution is 2.45. The number of rotatable bonds is 3. The Morgan fingerprint density at radius 2 is 2.11 bits per heavy atom. The average molecular weight is 259 g/mol. The van der Waals surface area contributed by atoms with E-state index in [-0.39, 0.29) is 0 Å². The van der Waals surface area contributed by atoms with Crippen molar-refractivity contribution in [3.8, 4) is 0 Å². The highest BCUT2D eigenvalue weighted by molar-refractivity contribution is 5.37. The van der Waals surface area contributed by atoms with Crippen LogP contribution in [0.5, 0.6) is 0 Å². The molecule has 104 valence electrons. The van der Waals surface area contributed by atoms with Gasteiger partial charge in [0.2, 0.25) is 0 Å². The van der Waals surface area contributed by atoms with Crippen molar-refractivity contribution >= 4 is 0 Å². The second-order valence-electron chi connectivity index (χ2n) is 6.83. The summed E-state index contributed by atoms with van der Waals surface area (Å²) in [6.45, 7) is 8.95. The molecule has 1 aromatic carbocycles. The summed E-state index contributed by atoms with van der Waals surface area (Å²) in [7, 11) is 0. The third kappa shape index (κ3) is 2.44. The summed E-state index contributed by atoms with van der Waals surface area (Å²) < 4.78 is 5.66. The smallest absolute Gasteiger partial charge is 0.0588 e. The van der Waals surface area contributed by atoms with Crippen LogP contribution in [0, 0.1) is 11.3 Å². The topological polar surface area (TPSA) is 21.3 Å². The summed E-state index contributed by atoms with van der Waals surface area (Å²) in [4.78, 5) is 0. The maximum Gasteiger partial charge on any atom is 0.0588 e. The van der Waals surface area contributed by atoms with E-state index in [1.54, 1.807) is 0 Å². The van der Waals surface area contributed by atoms with Crippen molar-refractivity contribution < 1.29 is 4.74 Å². The minimum atomic E-state index is 0.312. The van der Waals surface area contributed by atoms with Crippen molar-refractivity contribution in [2.45, 2.75) is 45.8 Å². The van der Waals surface area contributed by atoms with Crippen LogP contribution in [0.2, 0.25) is 0 Å². The van der Waals surface area contributed by atoms with Gasteiger partial charge < -0.3 is 10.1 Å². The zero-order valence-corrected chi connectivity index (χ0v) is 12.3. The monoisotopic (exact) mass is 259 g/mol. The van der Waals surface area contributed by atoms with Gasteiger partial charge >= 0.3 is 0 Å². The summed E-state index contributed by atoms with van der Waals surface area (Å²) in [6.07, 6.45) is 2.79. The van der Waals surface area contributed by atoms with Gasteiger partial charge in [0.1, 0.15) is 0 Å². The molecule has 1 fully saturated rings. The Labute approximate surface area is 116 Å². The lowest BCUT2D eigenvalue weighted by atomic mass is 9.85. The van der Waals surface area contributed by atoms with Gasteiger partial charge in [-0.3, -0.25) is 0 Å². The largest absolute Gasteiger partial charge is 0.378 e. The molecule has 1 aliphatic carbocycles. The van der Waals surface area contributed by atoms with Crippen LogP contribution in [0.1, 0.15) is 44.4 Å². The summed E-state index contributed by atoms with van der Waals surface area (Å²) in [5.41, 5.74) is 3.33. The molecule has 1 saturated heterocycles. The molecule has 3 atom stereocenters. The number of fused-ring (bicyclic) bond motifs is 1. The van der Waals surface area contributed by atoms with Gasteiger partial charge in [0.05, 0.1) is 6.10 Å². The molecule has 0 saturated carbocycles. The number of hydrogen-bond donors (Lipinski definition) is 1. The molecule has 3 rings (SSSR count). The van der Waals surface area contributed by atoms with Gasteiger partial charge in [0.25, 0.3) is 0 Å². The molecule has 0 aromatic heterocycles. The average Bonchev–Trinajstić information content (AvgIpc) is 2.87. The number of benzene rings is 1. The molecule has 1 aromatic rings. The van der Waals surface area contributed by atoms with Crippen LogP contribution in [0.3, 0.4) is 0 Å². The van der Waals surface area contributed by atoms with Crippen LogP contribution in [0.15, 0.2) is 24.3 Å². The van der Waals surface area contributed by atoms with Crippen LogP contribution in [0.4, 0.5) is 0 Å². The van der Waals surface area contributed by atoms with Gasteiger partial charge in [-0.1, -0.05) is 38.1 Å². The molecule has 1 aliphatic heterocycles. The van der Waals surface area contributed by atoms with Crippen molar-refractivity contribution in [2.75, 3.05) is 13.2 Å². The van der Waals surface area contributed by atoms with Gasteiger partial charge in [-0.05, 0) is 42.2 Å². The molecule has 2 heteroatoms. The summed E-state index contributed by atoms with van der Waals surface area (Å²) in [6, 6.07) is 9.37. The molecule has 0 radical (unpaired) electrons. The van der Waals surface area contributed by atoms with Crippen LogP contribution < -0.4 is 5.32 Å². The lowest BCUT2D eigenvalue weighted by Crippen LogP contribution is -2.36. The lowest BCUT2D eigenvalue weighted by molar-refractivity contribution is 0.103. The van der Waals surface area contributed by atoms with Gasteiger partial charge in [-0.15, -0.1) is 0 Å². The van der Waals surface area contributed by atoms with Crippen LogP contribution in [-0.2, 0) is 11.2 Å². The van der Waals surface area contributed by atoms with E-state index in [4.69, 9.17) is 4.74 Å². The second-order valence-corrected chi connectivity index (χ2v) is 6.83. The lowest BCUT2D eigenvalue weighted by Gasteiger charge is -2.30. The third-order valence-corrected chi connectivity index (χ3v) is 4.91. The van der Waals surface area contributed by atoms with Crippen molar-refractivity contribution in [1.29, 1.82) is 0 Å². The first-order valence-electron chi connectivity index (χ1n) is 7.51. The summed E-state index contributed by atoms with van der Waals surface area (Å²) in [5, 5.41) is 3.82. The fourth-order valence-corrected chi connectivity index (χ4v) is 3.69. The number of hydrogen-bond acceptors (Lipinski definition) is 2. The Morgan fingerprint density at radius 3 is 2.84 bits per heavy atom. The SMILES string of the molecule is CC1OCCC1CNC1c2ccccc2CC1(C)C. The standard InChI is InChI=1S/C17H25NO/c1-12-14(8-9-19-12)11-18-16-15-7-5-4-6-13(15)10-17(16,2)3/h4-7,12,14,16,18H,8-11H2,1-3H3. The molecule has 0 bridgehead atoms. The molecule has 1 N–H and O–H groups in total. The molecule has 0 amide bonds. The molecule has 1 heterocycles. The second kappa shape index (κ2) is 4.92. The predicted molar refractivity (Wildman–Crippen MR) is 78.2 cm³/mol. The van der Waals surface area contributed by atoms with Gasteiger partial charge in [0.15, 0.2) is 0 Å².